The van der Waals surface area contributed by atoms with Crippen LogP contribution in [0.3, 0.4) is 0 Å². The number of aromatic nitrogens is 3. The largest absolute Gasteiger partial charge is 0.392 e. The van der Waals surface area contributed by atoms with Gasteiger partial charge in [-0.25, -0.2) is 15.0 Å². The summed E-state index contributed by atoms with van der Waals surface area (Å²) < 4.78 is 0. The Bertz CT molecular complexity index is 1100. The van der Waals surface area contributed by atoms with Crippen LogP contribution in [0.15, 0.2) is 73.2 Å². The second kappa shape index (κ2) is 7.31. The molecule has 0 saturated carbocycles. The summed E-state index contributed by atoms with van der Waals surface area (Å²) in [6, 6.07) is 18.1. The number of carbonyl (C=O) groups excluding carboxylic acids is 1. The fraction of sp³-hybridized carbons (Fsp3) is 0.0476. The van der Waals surface area contributed by atoms with Crippen LogP contribution >= 0.6 is 0 Å². The Labute approximate surface area is 155 Å². The first kappa shape index (κ1) is 16.8. The highest BCUT2D eigenvalue weighted by Crippen LogP contribution is 2.24. The molecule has 2 heterocycles. The lowest BCUT2D eigenvalue weighted by Gasteiger charge is -2.10. The third kappa shape index (κ3) is 3.51. The molecule has 27 heavy (non-hydrogen) atoms. The van der Waals surface area contributed by atoms with Gasteiger partial charge in [-0.2, -0.15) is 0 Å². The summed E-state index contributed by atoms with van der Waals surface area (Å²) in [5, 5.41) is 12.8. The average Bonchev–Trinajstić information content (AvgIpc) is 2.74. The first-order chi connectivity index (χ1) is 13.2. The number of carbonyl (C=O) groups is 1. The number of rotatable bonds is 4. The number of aliphatic hydroxyl groups is 1. The third-order valence-electron chi connectivity index (χ3n) is 4.20. The van der Waals surface area contributed by atoms with Gasteiger partial charge in [0.2, 0.25) is 0 Å². The Morgan fingerprint density at radius 2 is 1.81 bits per heavy atom. The Hall–Kier alpha value is -3.64. The van der Waals surface area contributed by atoms with E-state index in [4.69, 9.17) is 5.11 Å². The zero-order chi connectivity index (χ0) is 18.6. The molecule has 4 rings (SSSR count). The first-order valence-corrected chi connectivity index (χ1v) is 8.42. The van der Waals surface area contributed by atoms with Crippen molar-refractivity contribution in [2.45, 2.75) is 6.61 Å². The molecule has 1 amide bonds. The lowest BCUT2D eigenvalue weighted by atomic mass is 10.1. The molecule has 2 aromatic heterocycles. The molecule has 2 N–H and O–H groups in total. The van der Waals surface area contributed by atoms with Gasteiger partial charge in [0.05, 0.1) is 29.1 Å². The number of hydrogen-bond acceptors (Lipinski definition) is 5. The van der Waals surface area contributed by atoms with Crippen molar-refractivity contribution in [3.8, 4) is 11.4 Å². The predicted molar refractivity (Wildman–Crippen MR) is 103 cm³/mol. The molecule has 0 radical (unpaired) electrons. The number of fused-ring (bicyclic) bond motifs is 1. The van der Waals surface area contributed by atoms with Crippen LogP contribution in [0.5, 0.6) is 0 Å². The monoisotopic (exact) mass is 356 g/mol. The van der Waals surface area contributed by atoms with Crippen LogP contribution in [0.1, 0.15) is 15.9 Å². The van der Waals surface area contributed by atoms with Gasteiger partial charge in [-0.3, -0.25) is 4.79 Å². The smallest absolute Gasteiger partial charge is 0.256 e. The number of amides is 1. The number of para-hydroxylation sites is 1. The van der Waals surface area contributed by atoms with Crippen molar-refractivity contribution in [3.05, 3.63) is 84.3 Å². The number of nitrogens with zero attached hydrogens (tertiary/aromatic N) is 3. The van der Waals surface area contributed by atoms with E-state index in [-0.39, 0.29) is 12.5 Å². The maximum Gasteiger partial charge on any atom is 0.256 e. The maximum atomic E-state index is 12.9. The molecule has 0 aliphatic heterocycles. The van der Waals surface area contributed by atoms with Crippen LogP contribution in [0.25, 0.3) is 22.3 Å². The van der Waals surface area contributed by atoms with Crippen LogP contribution in [-0.2, 0) is 6.61 Å². The van der Waals surface area contributed by atoms with Gasteiger partial charge in [-0.15, -0.1) is 0 Å². The van der Waals surface area contributed by atoms with Crippen molar-refractivity contribution in [1.29, 1.82) is 0 Å². The van der Waals surface area contributed by atoms with E-state index in [1.165, 1.54) is 6.33 Å². The summed E-state index contributed by atoms with van der Waals surface area (Å²) in [5.74, 6) is -0.236. The van der Waals surface area contributed by atoms with E-state index in [1.807, 2.05) is 24.3 Å². The highest BCUT2D eigenvalue weighted by Gasteiger charge is 2.14. The molecular weight excluding hydrogens is 340 g/mol. The molecule has 6 nitrogen and oxygen atoms in total. The molecule has 4 aromatic rings. The molecule has 0 saturated heterocycles. The van der Waals surface area contributed by atoms with Crippen molar-refractivity contribution in [3.63, 3.8) is 0 Å². The van der Waals surface area contributed by atoms with Crippen LogP contribution in [-0.4, -0.2) is 26.0 Å². The molecule has 0 spiro atoms. The topological polar surface area (TPSA) is 88.0 Å². The number of nitrogens with one attached hydrogen (secondary N) is 1. The fourth-order valence-corrected chi connectivity index (χ4v) is 2.83. The van der Waals surface area contributed by atoms with Gasteiger partial charge in [0.25, 0.3) is 5.91 Å². The van der Waals surface area contributed by atoms with E-state index in [9.17, 15) is 4.79 Å². The summed E-state index contributed by atoms with van der Waals surface area (Å²) in [7, 11) is 0. The molecular formula is C21H16N4O2. The van der Waals surface area contributed by atoms with Gasteiger partial charge in [0, 0.05) is 17.3 Å². The van der Waals surface area contributed by atoms with Gasteiger partial charge in [0.15, 0.2) is 0 Å². The minimum absolute atomic E-state index is 0.0362. The lowest BCUT2D eigenvalue weighted by molar-refractivity contribution is 0.102. The van der Waals surface area contributed by atoms with Gasteiger partial charge >= 0.3 is 0 Å². The molecule has 0 aliphatic carbocycles. The van der Waals surface area contributed by atoms with Crippen LogP contribution in [0, 0.1) is 0 Å². The van der Waals surface area contributed by atoms with Crippen molar-refractivity contribution in [1.82, 2.24) is 15.0 Å². The minimum atomic E-state index is -0.236. The quantitative estimate of drug-likeness (QED) is 0.585. The molecule has 0 unspecified atom stereocenters. The summed E-state index contributed by atoms with van der Waals surface area (Å²) in [6.07, 6.45) is 3.09. The molecule has 0 bridgehead atoms. The second-order valence-electron chi connectivity index (χ2n) is 5.98. The average molecular weight is 356 g/mol. The highest BCUT2D eigenvalue weighted by atomic mass is 16.3. The first-order valence-electron chi connectivity index (χ1n) is 8.42. The Morgan fingerprint density at radius 1 is 1.00 bits per heavy atom. The maximum absolute atomic E-state index is 12.9. The fourth-order valence-electron chi connectivity index (χ4n) is 2.83. The van der Waals surface area contributed by atoms with Crippen molar-refractivity contribution in [2.24, 2.45) is 0 Å². The molecule has 132 valence electrons. The van der Waals surface area contributed by atoms with E-state index in [1.54, 1.807) is 42.6 Å². The summed E-state index contributed by atoms with van der Waals surface area (Å²) in [6.45, 7) is -0.0362. The number of hydrogen-bond donors (Lipinski definition) is 2. The van der Waals surface area contributed by atoms with Crippen LogP contribution in [0.2, 0.25) is 0 Å². The molecule has 6 heteroatoms. The molecule has 0 atom stereocenters. The van der Waals surface area contributed by atoms with Crippen molar-refractivity contribution >= 4 is 22.5 Å². The number of benzene rings is 2. The molecule has 0 fully saturated rings. The van der Waals surface area contributed by atoms with E-state index in [2.05, 4.69) is 20.3 Å². The highest BCUT2D eigenvalue weighted by molar-refractivity contribution is 6.13. The van der Waals surface area contributed by atoms with E-state index < -0.39 is 0 Å². The Kier molecular flexibility index (Phi) is 4.55. The molecule has 2 aromatic carbocycles. The summed E-state index contributed by atoms with van der Waals surface area (Å²) in [5.41, 5.74) is 3.93. The van der Waals surface area contributed by atoms with E-state index >= 15 is 0 Å². The predicted octanol–water partition coefficient (Wildman–Crippen LogP) is 3.44. The minimum Gasteiger partial charge on any atom is -0.392 e. The SMILES string of the molecule is O=C(Nc1ccc(CO)cc1)c1cc(-c2ccncn2)nc2ccccc12. The number of pyridine rings is 1. The van der Waals surface area contributed by atoms with E-state index in [0.29, 0.717) is 22.6 Å². The molecule has 0 aliphatic rings. The standard InChI is InChI=1S/C21H16N4O2/c26-12-14-5-7-15(8-6-14)24-21(27)17-11-20(19-9-10-22-13-23-19)25-18-4-2-1-3-16(17)18/h1-11,13,26H,12H2,(H,24,27). The van der Waals surface area contributed by atoms with Crippen molar-refractivity contribution in [2.75, 3.05) is 5.32 Å². The Morgan fingerprint density at radius 3 is 2.56 bits per heavy atom. The van der Waals surface area contributed by atoms with Crippen molar-refractivity contribution < 1.29 is 9.90 Å². The Balaban J connectivity index is 1.75. The van der Waals surface area contributed by atoms with Crippen LogP contribution in [0.4, 0.5) is 5.69 Å². The van der Waals surface area contributed by atoms with Gasteiger partial charge < -0.3 is 10.4 Å². The lowest BCUT2D eigenvalue weighted by Crippen LogP contribution is -2.13. The number of anilines is 1. The summed E-state index contributed by atoms with van der Waals surface area (Å²) in [4.78, 5) is 25.7. The van der Waals surface area contributed by atoms with Gasteiger partial charge in [-0.1, -0.05) is 30.3 Å². The third-order valence-corrected chi connectivity index (χ3v) is 4.20. The van der Waals surface area contributed by atoms with Gasteiger partial charge in [0.1, 0.15) is 6.33 Å². The van der Waals surface area contributed by atoms with E-state index in [0.717, 1.165) is 16.5 Å². The van der Waals surface area contributed by atoms with Gasteiger partial charge in [-0.05, 0) is 35.9 Å². The normalized spacial score (nSPS) is 10.7. The zero-order valence-corrected chi connectivity index (χ0v) is 14.3. The van der Waals surface area contributed by atoms with Crippen LogP contribution < -0.4 is 5.32 Å². The zero-order valence-electron chi connectivity index (χ0n) is 14.3. The number of aliphatic hydroxyl groups excluding tert-OH is 1. The summed E-state index contributed by atoms with van der Waals surface area (Å²) >= 11 is 0. The second-order valence-corrected chi connectivity index (χ2v) is 5.98.